The average molecular weight is 244 g/mol. The minimum atomic E-state index is 0.242. The summed E-state index contributed by atoms with van der Waals surface area (Å²) < 4.78 is 4.31. The molecule has 0 aromatic carbocycles. The largest absolute Gasteiger partial charge is 0.351 e. The zero-order valence-electron chi connectivity index (χ0n) is 10.8. The summed E-state index contributed by atoms with van der Waals surface area (Å²) in [6.07, 6.45) is 8.57. The third-order valence-corrected chi connectivity index (χ3v) is 3.97. The molecule has 3 rings (SSSR count). The van der Waals surface area contributed by atoms with E-state index in [0.717, 1.165) is 19.4 Å². The second-order valence-corrected chi connectivity index (χ2v) is 5.11. The molecule has 2 heterocycles. The molecule has 96 valence electrons. The smallest absolute Gasteiger partial charge is 0.0492 e. The standard InChI is InChI=1S/C14H20N4/c1-17-11(5-8-16-17)6-9-18-10-7-12-13(15)3-2-4-14(12)18/h5,7-8,10,13H,2-4,6,9,15H2,1H3. The van der Waals surface area contributed by atoms with Crippen LogP contribution in [0.4, 0.5) is 0 Å². The van der Waals surface area contributed by atoms with Gasteiger partial charge in [0.2, 0.25) is 0 Å². The zero-order valence-corrected chi connectivity index (χ0v) is 10.8. The Bertz CT molecular complexity index is 538. The molecular weight excluding hydrogens is 224 g/mol. The molecule has 2 aromatic heterocycles. The lowest BCUT2D eigenvalue weighted by Crippen LogP contribution is -2.18. The maximum Gasteiger partial charge on any atom is 0.0492 e. The molecule has 4 heteroatoms. The Morgan fingerprint density at radius 1 is 1.44 bits per heavy atom. The fourth-order valence-corrected chi connectivity index (χ4v) is 2.88. The van der Waals surface area contributed by atoms with Gasteiger partial charge < -0.3 is 10.3 Å². The molecular formula is C14H20N4. The van der Waals surface area contributed by atoms with Gasteiger partial charge in [-0.2, -0.15) is 5.10 Å². The predicted octanol–water partition coefficient (Wildman–Crippen LogP) is 1.80. The van der Waals surface area contributed by atoms with Crippen LogP contribution < -0.4 is 5.73 Å². The van der Waals surface area contributed by atoms with Crippen molar-refractivity contribution in [1.29, 1.82) is 0 Å². The molecule has 0 aliphatic heterocycles. The van der Waals surface area contributed by atoms with Gasteiger partial charge in [0.15, 0.2) is 0 Å². The molecule has 0 amide bonds. The summed E-state index contributed by atoms with van der Waals surface area (Å²) in [6.45, 7) is 1.02. The Hall–Kier alpha value is -1.55. The van der Waals surface area contributed by atoms with E-state index in [1.165, 1.54) is 29.8 Å². The highest BCUT2D eigenvalue weighted by Gasteiger charge is 2.19. The van der Waals surface area contributed by atoms with E-state index in [1.807, 2.05) is 17.9 Å². The quantitative estimate of drug-likeness (QED) is 0.895. The number of nitrogens with zero attached hydrogens (tertiary/aromatic N) is 3. The number of rotatable bonds is 3. The maximum atomic E-state index is 6.15. The second-order valence-electron chi connectivity index (χ2n) is 5.11. The van der Waals surface area contributed by atoms with Crippen LogP contribution in [-0.4, -0.2) is 14.3 Å². The van der Waals surface area contributed by atoms with Crippen molar-refractivity contribution in [1.82, 2.24) is 14.3 Å². The Kier molecular flexibility index (Phi) is 2.96. The fourth-order valence-electron chi connectivity index (χ4n) is 2.88. The molecule has 2 N–H and O–H groups in total. The number of fused-ring (bicyclic) bond motifs is 1. The van der Waals surface area contributed by atoms with Gasteiger partial charge in [-0.1, -0.05) is 0 Å². The highest BCUT2D eigenvalue weighted by molar-refractivity contribution is 5.28. The van der Waals surface area contributed by atoms with Gasteiger partial charge in [-0.25, -0.2) is 0 Å². The van der Waals surface area contributed by atoms with E-state index in [2.05, 4.69) is 28.0 Å². The Labute approximate surface area is 107 Å². The summed E-state index contributed by atoms with van der Waals surface area (Å²) in [5.74, 6) is 0. The van der Waals surface area contributed by atoms with E-state index in [1.54, 1.807) is 0 Å². The van der Waals surface area contributed by atoms with Crippen LogP contribution >= 0.6 is 0 Å². The van der Waals surface area contributed by atoms with E-state index in [-0.39, 0.29) is 6.04 Å². The summed E-state index contributed by atoms with van der Waals surface area (Å²) in [7, 11) is 2.00. The first-order valence-corrected chi connectivity index (χ1v) is 6.66. The summed E-state index contributed by atoms with van der Waals surface area (Å²) in [6, 6.07) is 4.52. The molecule has 18 heavy (non-hydrogen) atoms. The van der Waals surface area contributed by atoms with E-state index < -0.39 is 0 Å². The summed E-state index contributed by atoms with van der Waals surface area (Å²) in [5.41, 5.74) is 10.2. The molecule has 1 aliphatic carbocycles. The van der Waals surface area contributed by atoms with Crippen LogP contribution in [0.1, 0.15) is 35.8 Å². The summed E-state index contributed by atoms with van der Waals surface area (Å²) in [5, 5.41) is 4.20. The van der Waals surface area contributed by atoms with Gasteiger partial charge >= 0.3 is 0 Å². The van der Waals surface area contributed by atoms with Crippen molar-refractivity contribution in [3.05, 3.63) is 41.5 Å². The monoisotopic (exact) mass is 244 g/mol. The Morgan fingerprint density at radius 2 is 2.33 bits per heavy atom. The molecule has 0 spiro atoms. The van der Waals surface area contributed by atoms with Crippen molar-refractivity contribution >= 4 is 0 Å². The molecule has 0 radical (unpaired) electrons. The predicted molar refractivity (Wildman–Crippen MR) is 71.2 cm³/mol. The van der Waals surface area contributed by atoms with E-state index in [4.69, 9.17) is 5.73 Å². The number of hydrogen-bond acceptors (Lipinski definition) is 2. The molecule has 4 nitrogen and oxygen atoms in total. The maximum absolute atomic E-state index is 6.15. The van der Waals surface area contributed by atoms with Crippen molar-refractivity contribution in [3.8, 4) is 0 Å². The highest BCUT2D eigenvalue weighted by Crippen LogP contribution is 2.28. The summed E-state index contributed by atoms with van der Waals surface area (Å²) >= 11 is 0. The van der Waals surface area contributed by atoms with Crippen LogP contribution in [0.3, 0.4) is 0 Å². The first-order chi connectivity index (χ1) is 8.75. The number of aromatic nitrogens is 3. The highest BCUT2D eigenvalue weighted by atomic mass is 15.3. The SMILES string of the molecule is Cn1nccc1CCn1ccc2c1CCCC2N. The lowest BCUT2D eigenvalue weighted by molar-refractivity contribution is 0.535. The number of aryl methyl sites for hydroxylation is 3. The van der Waals surface area contributed by atoms with Gasteiger partial charge in [-0.15, -0.1) is 0 Å². The van der Waals surface area contributed by atoms with Crippen LogP contribution in [-0.2, 0) is 26.4 Å². The van der Waals surface area contributed by atoms with Gasteiger partial charge in [0, 0.05) is 49.8 Å². The average Bonchev–Trinajstić information content (AvgIpc) is 2.94. The molecule has 0 saturated heterocycles. The molecule has 0 saturated carbocycles. The van der Waals surface area contributed by atoms with Crippen LogP contribution in [0.25, 0.3) is 0 Å². The first kappa shape index (κ1) is 11.5. The van der Waals surface area contributed by atoms with Crippen LogP contribution in [0.15, 0.2) is 24.5 Å². The molecule has 1 aliphatic rings. The lowest BCUT2D eigenvalue weighted by atomic mass is 9.93. The molecule has 0 bridgehead atoms. The molecule has 1 unspecified atom stereocenters. The molecule has 0 fully saturated rings. The van der Waals surface area contributed by atoms with E-state index in [0.29, 0.717) is 0 Å². The fraction of sp³-hybridized carbons (Fsp3) is 0.500. The zero-order chi connectivity index (χ0) is 12.5. The third kappa shape index (κ3) is 1.97. The Morgan fingerprint density at radius 3 is 3.11 bits per heavy atom. The van der Waals surface area contributed by atoms with Gasteiger partial charge in [0.1, 0.15) is 0 Å². The van der Waals surface area contributed by atoms with E-state index in [9.17, 15) is 0 Å². The topological polar surface area (TPSA) is 48.8 Å². The minimum absolute atomic E-state index is 0.242. The van der Waals surface area contributed by atoms with Gasteiger partial charge in [0.05, 0.1) is 0 Å². The van der Waals surface area contributed by atoms with Gasteiger partial charge in [-0.05, 0) is 37.0 Å². The first-order valence-electron chi connectivity index (χ1n) is 6.66. The van der Waals surface area contributed by atoms with Gasteiger partial charge in [-0.3, -0.25) is 4.68 Å². The van der Waals surface area contributed by atoms with Crippen LogP contribution in [0.2, 0.25) is 0 Å². The van der Waals surface area contributed by atoms with Crippen LogP contribution in [0.5, 0.6) is 0 Å². The van der Waals surface area contributed by atoms with Crippen LogP contribution in [0, 0.1) is 0 Å². The third-order valence-electron chi connectivity index (χ3n) is 3.97. The number of hydrogen-bond donors (Lipinski definition) is 1. The Balaban J connectivity index is 1.76. The van der Waals surface area contributed by atoms with Crippen molar-refractivity contribution in [2.24, 2.45) is 12.8 Å². The summed E-state index contributed by atoms with van der Waals surface area (Å²) in [4.78, 5) is 0. The molecule has 1 atom stereocenters. The normalized spacial score (nSPS) is 18.9. The minimum Gasteiger partial charge on any atom is -0.351 e. The number of nitrogens with two attached hydrogens (primary N) is 1. The van der Waals surface area contributed by atoms with Crippen molar-refractivity contribution in [2.45, 2.75) is 38.3 Å². The lowest BCUT2D eigenvalue weighted by Gasteiger charge is -2.21. The molecule has 2 aromatic rings. The van der Waals surface area contributed by atoms with Gasteiger partial charge in [0.25, 0.3) is 0 Å². The van der Waals surface area contributed by atoms with Crippen molar-refractivity contribution in [2.75, 3.05) is 0 Å². The van der Waals surface area contributed by atoms with Crippen molar-refractivity contribution in [3.63, 3.8) is 0 Å². The van der Waals surface area contributed by atoms with Crippen molar-refractivity contribution < 1.29 is 0 Å². The van der Waals surface area contributed by atoms with E-state index >= 15 is 0 Å². The second kappa shape index (κ2) is 4.61.